The lowest BCUT2D eigenvalue weighted by Crippen LogP contribution is -2.11. The molecule has 0 aliphatic heterocycles. The Morgan fingerprint density at radius 3 is 3.00 bits per heavy atom. The van der Waals surface area contributed by atoms with Gasteiger partial charge in [0.1, 0.15) is 6.10 Å². The summed E-state index contributed by atoms with van der Waals surface area (Å²) in [6, 6.07) is 0. The number of hydrogen-bond donors (Lipinski definition) is 2. The van der Waals surface area contributed by atoms with E-state index in [2.05, 4.69) is 20.6 Å². The van der Waals surface area contributed by atoms with Crippen molar-refractivity contribution >= 4 is 5.97 Å². The van der Waals surface area contributed by atoms with E-state index < -0.39 is 12.1 Å². The van der Waals surface area contributed by atoms with Crippen LogP contribution in [0.3, 0.4) is 0 Å². The van der Waals surface area contributed by atoms with Gasteiger partial charge in [-0.2, -0.15) is 5.21 Å². The number of aliphatic carboxylic acids is 1. The highest BCUT2D eigenvalue weighted by Gasteiger charge is 2.19. The molecule has 0 aliphatic carbocycles. The van der Waals surface area contributed by atoms with Crippen molar-refractivity contribution in [3.05, 3.63) is 5.82 Å². The molecule has 72 valence electrons. The normalized spacial score (nSPS) is 12.7. The summed E-state index contributed by atoms with van der Waals surface area (Å²) in [7, 11) is 0. The average Bonchev–Trinajstić information content (AvgIpc) is 2.54. The molecule has 7 nitrogen and oxygen atoms in total. The Morgan fingerprint density at radius 2 is 2.54 bits per heavy atom. The molecule has 1 unspecified atom stereocenters. The van der Waals surface area contributed by atoms with Gasteiger partial charge in [0.2, 0.25) is 5.82 Å². The molecule has 0 bridgehead atoms. The molecule has 0 saturated heterocycles. The first-order valence-corrected chi connectivity index (χ1v) is 3.80. The van der Waals surface area contributed by atoms with Crippen molar-refractivity contribution in [3.8, 4) is 0 Å². The SMILES string of the molecule is CCOC(CC(=O)O)c1nn[nH]n1. The fraction of sp³-hybridized carbons (Fsp3) is 0.667. The zero-order valence-electron chi connectivity index (χ0n) is 7.10. The van der Waals surface area contributed by atoms with Gasteiger partial charge >= 0.3 is 5.97 Å². The number of aromatic amines is 1. The fourth-order valence-electron chi connectivity index (χ4n) is 0.890. The molecular formula is C6H10N4O3. The van der Waals surface area contributed by atoms with Crippen LogP contribution < -0.4 is 0 Å². The summed E-state index contributed by atoms with van der Waals surface area (Å²) in [5.41, 5.74) is 0. The zero-order chi connectivity index (χ0) is 9.68. The topological polar surface area (TPSA) is 101 Å². The van der Waals surface area contributed by atoms with Crippen LogP contribution in [0.5, 0.6) is 0 Å². The molecule has 0 amide bonds. The van der Waals surface area contributed by atoms with Crippen molar-refractivity contribution in [1.82, 2.24) is 20.6 Å². The lowest BCUT2D eigenvalue weighted by atomic mass is 10.2. The summed E-state index contributed by atoms with van der Waals surface area (Å²) < 4.78 is 5.13. The Bertz CT molecular complexity index is 261. The molecular weight excluding hydrogens is 176 g/mol. The largest absolute Gasteiger partial charge is 0.481 e. The van der Waals surface area contributed by atoms with Gasteiger partial charge in [-0.3, -0.25) is 4.79 Å². The summed E-state index contributed by atoms with van der Waals surface area (Å²) in [5, 5.41) is 21.4. The van der Waals surface area contributed by atoms with Crippen LogP contribution >= 0.6 is 0 Å². The van der Waals surface area contributed by atoms with Crippen LogP contribution in [-0.2, 0) is 9.53 Å². The molecule has 0 radical (unpaired) electrons. The highest BCUT2D eigenvalue weighted by molar-refractivity contribution is 5.67. The molecule has 2 N–H and O–H groups in total. The van der Waals surface area contributed by atoms with E-state index >= 15 is 0 Å². The summed E-state index contributed by atoms with van der Waals surface area (Å²) >= 11 is 0. The molecule has 0 saturated carbocycles. The van der Waals surface area contributed by atoms with Gasteiger partial charge in [-0.1, -0.05) is 5.21 Å². The van der Waals surface area contributed by atoms with Crippen LogP contribution in [-0.4, -0.2) is 38.3 Å². The van der Waals surface area contributed by atoms with Crippen molar-refractivity contribution in [3.63, 3.8) is 0 Å². The molecule has 0 aromatic carbocycles. The monoisotopic (exact) mass is 186 g/mol. The Morgan fingerprint density at radius 1 is 1.77 bits per heavy atom. The molecule has 7 heteroatoms. The number of rotatable bonds is 5. The van der Waals surface area contributed by atoms with Gasteiger partial charge in [0, 0.05) is 6.61 Å². The Labute approximate surface area is 74.1 Å². The fourth-order valence-corrected chi connectivity index (χ4v) is 0.890. The van der Waals surface area contributed by atoms with Gasteiger partial charge < -0.3 is 9.84 Å². The van der Waals surface area contributed by atoms with Gasteiger partial charge in [0.05, 0.1) is 6.42 Å². The minimum absolute atomic E-state index is 0.159. The van der Waals surface area contributed by atoms with Gasteiger partial charge in [0.25, 0.3) is 0 Å². The number of tetrazole rings is 1. The van der Waals surface area contributed by atoms with E-state index in [1.54, 1.807) is 6.92 Å². The van der Waals surface area contributed by atoms with E-state index in [-0.39, 0.29) is 12.2 Å². The number of ether oxygens (including phenoxy) is 1. The maximum absolute atomic E-state index is 10.4. The molecule has 1 aromatic rings. The minimum Gasteiger partial charge on any atom is -0.481 e. The number of carbonyl (C=O) groups is 1. The first-order chi connectivity index (χ1) is 6.24. The number of carboxylic acid groups (broad SMARTS) is 1. The molecule has 1 aromatic heterocycles. The van der Waals surface area contributed by atoms with Crippen LogP contribution in [0.4, 0.5) is 0 Å². The third kappa shape index (κ3) is 2.79. The van der Waals surface area contributed by atoms with Crippen molar-refractivity contribution in [2.45, 2.75) is 19.4 Å². The van der Waals surface area contributed by atoms with Crippen LogP contribution in [0.1, 0.15) is 25.3 Å². The predicted molar refractivity (Wildman–Crippen MR) is 40.8 cm³/mol. The van der Waals surface area contributed by atoms with Crippen LogP contribution in [0, 0.1) is 0 Å². The maximum Gasteiger partial charge on any atom is 0.306 e. The second-order valence-corrected chi connectivity index (χ2v) is 2.31. The van der Waals surface area contributed by atoms with Gasteiger partial charge in [-0.15, -0.1) is 10.2 Å². The zero-order valence-corrected chi connectivity index (χ0v) is 7.10. The second kappa shape index (κ2) is 4.51. The highest BCUT2D eigenvalue weighted by Crippen LogP contribution is 2.15. The second-order valence-electron chi connectivity index (χ2n) is 2.31. The number of nitrogens with one attached hydrogen (secondary N) is 1. The number of nitrogens with zero attached hydrogens (tertiary/aromatic N) is 3. The third-order valence-electron chi connectivity index (χ3n) is 1.38. The Kier molecular flexibility index (Phi) is 3.32. The Balaban J connectivity index is 2.62. The van der Waals surface area contributed by atoms with E-state index in [1.165, 1.54) is 0 Å². The van der Waals surface area contributed by atoms with Gasteiger partial charge in [-0.25, -0.2) is 0 Å². The third-order valence-corrected chi connectivity index (χ3v) is 1.38. The minimum atomic E-state index is -0.955. The molecule has 0 aliphatic rings. The van der Waals surface area contributed by atoms with Gasteiger partial charge in [0.15, 0.2) is 0 Å². The quantitative estimate of drug-likeness (QED) is 0.657. The molecule has 1 heterocycles. The van der Waals surface area contributed by atoms with Crippen molar-refractivity contribution < 1.29 is 14.6 Å². The highest BCUT2D eigenvalue weighted by atomic mass is 16.5. The van der Waals surface area contributed by atoms with Crippen LogP contribution in [0.15, 0.2) is 0 Å². The Hall–Kier alpha value is -1.50. The van der Waals surface area contributed by atoms with Crippen molar-refractivity contribution in [2.24, 2.45) is 0 Å². The van der Waals surface area contributed by atoms with Crippen molar-refractivity contribution in [1.29, 1.82) is 0 Å². The molecule has 0 spiro atoms. The van der Waals surface area contributed by atoms with Crippen molar-refractivity contribution in [2.75, 3.05) is 6.61 Å². The lowest BCUT2D eigenvalue weighted by Gasteiger charge is -2.09. The number of aromatic nitrogens is 4. The first kappa shape index (κ1) is 9.59. The molecule has 0 fully saturated rings. The average molecular weight is 186 g/mol. The summed E-state index contributed by atoms with van der Waals surface area (Å²) in [5.74, 6) is -0.687. The van der Waals surface area contributed by atoms with E-state index in [0.717, 1.165) is 0 Å². The van der Waals surface area contributed by atoms with E-state index in [9.17, 15) is 4.79 Å². The van der Waals surface area contributed by atoms with E-state index in [4.69, 9.17) is 9.84 Å². The molecule has 1 atom stereocenters. The number of carboxylic acids is 1. The first-order valence-electron chi connectivity index (χ1n) is 3.80. The molecule has 1 rings (SSSR count). The smallest absolute Gasteiger partial charge is 0.306 e. The number of hydrogen-bond acceptors (Lipinski definition) is 5. The summed E-state index contributed by atoms with van der Waals surface area (Å²) in [6.45, 7) is 2.18. The van der Waals surface area contributed by atoms with E-state index in [0.29, 0.717) is 6.61 Å². The van der Waals surface area contributed by atoms with E-state index in [1.807, 2.05) is 0 Å². The predicted octanol–water partition coefficient (Wildman–Crippen LogP) is -0.248. The maximum atomic E-state index is 10.4. The van der Waals surface area contributed by atoms with Crippen LogP contribution in [0.2, 0.25) is 0 Å². The van der Waals surface area contributed by atoms with Crippen LogP contribution in [0.25, 0.3) is 0 Å². The summed E-state index contributed by atoms with van der Waals surface area (Å²) in [6.07, 6.45) is -0.783. The summed E-state index contributed by atoms with van der Waals surface area (Å²) in [4.78, 5) is 10.4. The standard InChI is InChI=1S/C6H10N4O3/c1-2-13-4(3-5(11)12)6-7-9-10-8-6/h4H,2-3H2,1H3,(H,11,12)(H,7,8,9,10). The van der Waals surface area contributed by atoms with Gasteiger partial charge in [-0.05, 0) is 6.92 Å². The number of H-pyrrole nitrogens is 1. The lowest BCUT2D eigenvalue weighted by molar-refractivity contribution is -0.140. The molecule has 13 heavy (non-hydrogen) atoms.